The zero-order chi connectivity index (χ0) is 8.97. The number of Topliss-reactive ketones (excluding diaryl/α,β-unsaturated/α-hetero) is 1. The van der Waals surface area contributed by atoms with Crippen molar-refractivity contribution < 1.29 is 14.7 Å². The molecule has 12 heavy (non-hydrogen) atoms. The van der Waals surface area contributed by atoms with E-state index in [1.54, 1.807) is 11.6 Å². The topological polar surface area (TPSA) is 66.4 Å². The first-order valence-electron chi connectivity index (χ1n) is 3.51. The fourth-order valence-electron chi connectivity index (χ4n) is 0.814. The maximum absolute atomic E-state index is 11.2. The summed E-state index contributed by atoms with van der Waals surface area (Å²) in [5.74, 6) is -0.994. The standard InChI is InChI=1S/C7H9NO3S/c9-5(1-2-6(10)11)7-8-3-4-12-7/h3-4,7-8H,1-2H2,(H,10,11). The molecule has 66 valence electrons. The molecular formula is C7H9NO3S. The van der Waals surface area contributed by atoms with Crippen molar-refractivity contribution in [2.75, 3.05) is 0 Å². The van der Waals surface area contributed by atoms with Crippen molar-refractivity contribution in [2.24, 2.45) is 0 Å². The molecule has 2 N–H and O–H groups in total. The van der Waals surface area contributed by atoms with E-state index in [0.29, 0.717) is 0 Å². The van der Waals surface area contributed by atoms with Gasteiger partial charge in [0, 0.05) is 12.6 Å². The van der Waals surface area contributed by atoms with Crippen LogP contribution in [-0.2, 0) is 9.59 Å². The van der Waals surface area contributed by atoms with E-state index in [-0.39, 0.29) is 24.0 Å². The number of rotatable bonds is 4. The zero-order valence-electron chi connectivity index (χ0n) is 6.32. The van der Waals surface area contributed by atoms with E-state index < -0.39 is 5.97 Å². The monoisotopic (exact) mass is 187 g/mol. The number of carbonyl (C=O) groups is 2. The number of ketones is 1. The van der Waals surface area contributed by atoms with Crippen LogP contribution in [-0.4, -0.2) is 22.2 Å². The summed E-state index contributed by atoms with van der Waals surface area (Å²) in [7, 11) is 0. The predicted octanol–water partition coefficient (Wildman–Crippen LogP) is 0.554. The fourth-order valence-corrected chi connectivity index (χ4v) is 1.55. The fraction of sp³-hybridized carbons (Fsp3) is 0.429. The van der Waals surface area contributed by atoms with Crippen molar-refractivity contribution in [2.45, 2.75) is 18.2 Å². The molecule has 0 saturated carbocycles. The number of thioether (sulfide) groups is 1. The van der Waals surface area contributed by atoms with Crippen molar-refractivity contribution in [1.29, 1.82) is 0 Å². The number of aliphatic carboxylic acids is 1. The van der Waals surface area contributed by atoms with Crippen molar-refractivity contribution >= 4 is 23.5 Å². The van der Waals surface area contributed by atoms with Crippen molar-refractivity contribution in [3.05, 3.63) is 11.6 Å². The molecule has 0 saturated heterocycles. The first-order chi connectivity index (χ1) is 5.70. The molecule has 0 spiro atoms. The molecule has 1 heterocycles. The normalized spacial score (nSPS) is 20.5. The Kier molecular flexibility index (Phi) is 3.16. The number of nitrogens with one attached hydrogen (secondary N) is 1. The highest BCUT2D eigenvalue weighted by Crippen LogP contribution is 2.17. The smallest absolute Gasteiger partial charge is 0.303 e. The minimum atomic E-state index is -0.931. The van der Waals surface area contributed by atoms with Gasteiger partial charge in [-0.2, -0.15) is 0 Å². The summed E-state index contributed by atoms with van der Waals surface area (Å²) >= 11 is 1.37. The van der Waals surface area contributed by atoms with Crippen molar-refractivity contribution in [1.82, 2.24) is 5.32 Å². The third-order valence-electron chi connectivity index (χ3n) is 1.41. The molecule has 0 aromatic heterocycles. The molecule has 1 aliphatic heterocycles. The van der Waals surface area contributed by atoms with Gasteiger partial charge in [-0.15, -0.1) is 0 Å². The minimum absolute atomic E-state index is 0.0626. The highest BCUT2D eigenvalue weighted by atomic mass is 32.2. The Labute approximate surface area is 74.0 Å². The van der Waals surface area contributed by atoms with Gasteiger partial charge in [-0.3, -0.25) is 9.59 Å². The summed E-state index contributed by atoms with van der Waals surface area (Å²) in [5.41, 5.74) is 0. The number of carbonyl (C=O) groups excluding carboxylic acids is 1. The summed E-state index contributed by atoms with van der Waals surface area (Å²) in [6, 6.07) is 0. The summed E-state index contributed by atoms with van der Waals surface area (Å²) in [6.07, 6.45) is 1.70. The van der Waals surface area contributed by atoms with E-state index in [9.17, 15) is 9.59 Å². The molecule has 0 bridgehead atoms. The van der Waals surface area contributed by atoms with Gasteiger partial charge >= 0.3 is 5.97 Å². The molecule has 0 fully saturated rings. The first kappa shape index (κ1) is 9.12. The van der Waals surface area contributed by atoms with E-state index in [2.05, 4.69) is 5.32 Å². The van der Waals surface area contributed by atoms with Crippen LogP contribution >= 0.6 is 11.8 Å². The Bertz CT molecular complexity index is 219. The van der Waals surface area contributed by atoms with E-state index in [4.69, 9.17) is 5.11 Å². The van der Waals surface area contributed by atoms with Crippen LogP contribution in [0.1, 0.15) is 12.8 Å². The van der Waals surface area contributed by atoms with E-state index in [1.807, 2.05) is 0 Å². The van der Waals surface area contributed by atoms with Crippen LogP contribution in [0.4, 0.5) is 0 Å². The maximum Gasteiger partial charge on any atom is 0.303 e. The molecule has 1 aliphatic rings. The van der Waals surface area contributed by atoms with Crippen molar-refractivity contribution in [3.8, 4) is 0 Å². The Balaban J connectivity index is 2.24. The van der Waals surface area contributed by atoms with Gasteiger partial charge in [-0.1, -0.05) is 11.8 Å². The number of carboxylic acids is 1. The molecule has 1 unspecified atom stereocenters. The van der Waals surface area contributed by atoms with Gasteiger partial charge in [0.15, 0.2) is 5.78 Å². The highest BCUT2D eigenvalue weighted by molar-refractivity contribution is 8.03. The van der Waals surface area contributed by atoms with Crippen molar-refractivity contribution in [3.63, 3.8) is 0 Å². The van der Waals surface area contributed by atoms with E-state index >= 15 is 0 Å². The SMILES string of the molecule is O=C(O)CCC(=O)C1NC=CS1. The average Bonchev–Trinajstić information content (AvgIpc) is 2.51. The predicted molar refractivity (Wildman–Crippen MR) is 45.5 cm³/mol. The first-order valence-corrected chi connectivity index (χ1v) is 4.45. The van der Waals surface area contributed by atoms with Gasteiger partial charge in [0.05, 0.1) is 6.42 Å². The lowest BCUT2D eigenvalue weighted by atomic mass is 10.2. The molecule has 0 aromatic carbocycles. The van der Waals surface area contributed by atoms with Crippen LogP contribution in [0.2, 0.25) is 0 Å². The minimum Gasteiger partial charge on any atom is -0.481 e. The number of carboxylic acid groups (broad SMARTS) is 1. The number of hydrogen-bond donors (Lipinski definition) is 2. The van der Waals surface area contributed by atoms with Crippen LogP contribution in [0.5, 0.6) is 0 Å². The molecule has 5 heteroatoms. The summed E-state index contributed by atoms with van der Waals surface area (Å²) in [6.45, 7) is 0. The summed E-state index contributed by atoms with van der Waals surface area (Å²) < 4.78 is 0. The van der Waals surface area contributed by atoms with Crippen LogP contribution in [0.15, 0.2) is 11.6 Å². The Morgan fingerprint density at radius 2 is 2.25 bits per heavy atom. The van der Waals surface area contributed by atoms with E-state index in [1.165, 1.54) is 11.8 Å². The molecule has 0 aliphatic carbocycles. The van der Waals surface area contributed by atoms with Crippen LogP contribution < -0.4 is 5.32 Å². The highest BCUT2D eigenvalue weighted by Gasteiger charge is 2.19. The lowest BCUT2D eigenvalue weighted by Crippen LogP contribution is -2.27. The van der Waals surface area contributed by atoms with Crippen LogP contribution in [0.3, 0.4) is 0 Å². The van der Waals surface area contributed by atoms with Gasteiger partial charge in [-0.05, 0) is 5.41 Å². The van der Waals surface area contributed by atoms with Gasteiger partial charge in [0.2, 0.25) is 0 Å². The van der Waals surface area contributed by atoms with Crippen LogP contribution in [0.25, 0.3) is 0 Å². The molecular weight excluding hydrogens is 178 g/mol. The Morgan fingerprint density at radius 3 is 2.75 bits per heavy atom. The molecule has 0 aromatic rings. The summed E-state index contributed by atoms with van der Waals surface area (Å²) in [4.78, 5) is 21.3. The molecule has 0 radical (unpaired) electrons. The molecule has 1 rings (SSSR count). The van der Waals surface area contributed by atoms with E-state index in [0.717, 1.165) is 0 Å². The Morgan fingerprint density at radius 1 is 1.50 bits per heavy atom. The molecule has 4 nitrogen and oxygen atoms in total. The maximum atomic E-state index is 11.2. The third kappa shape index (κ3) is 2.58. The second-order valence-corrected chi connectivity index (χ2v) is 3.36. The number of hydrogen-bond acceptors (Lipinski definition) is 4. The van der Waals surface area contributed by atoms with Gasteiger partial charge in [0.25, 0.3) is 0 Å². The average molecular weight is 187 g/mol. The quantitative estimate of drug-likeness (QED) is 0.673. The molecule has 1 atom stereocenters. The largest absolute Gasteiger partial charge is 0.481 e. The second kappa shape index (κ2) is 4.15. The Hall–Kier alpha value is -0.970. The van der Waals surface area contributed by atoms with Gasteiger partial charge in [0.1, 0.15) is 5.37 Å². The zero-order valence-corrected chi connectivity index (χ0v) is 7.13. The van der Waals surface area contributed by atoms with Gasteiger partial charge < -0.3 is 10.4 Å². The second-order valence-electron chi connectivity index (χ2n) is 2.35. The molecule has 0 amide bonds. The lowest BCUT2D eigenvalue weighted by molar-refractivity contribution is -0.138. The lowest BCUT2D eigenvalue weighted by Gasteiger charge is -2.06. The van der Waals surface area contributed by atoms with Crippen LogP contribution in [0, 0.1) is 0 Å². The van der Waals surface area contributed by atoms with Gasteiger partial charge in [-0.25, -0.2) is 0 Å². The third-order valence-corrected chi connectivity index (χ3v) is 2.37. The summed E-state index contributed by atoms with van der Waals surface area (Å²) in [5, 5.41) is 12.6.